The molecule has 0 aliphatic heterocycles. The van der Waals surface area contributed by atoms with Crippen molar-refractivity contribution in [3.05, 3.63) is 24.0 Å². The van der Waals surface area contributed by atoms with E-state index in [0.717, 1.165) is 18.4 Å². The maximum atomic E-state index is 10.7. The number of aromatic nitrogens is 3. The second-order valence-corrected chi connectivity index (χ2v) is 3.28. The molecule has 1 N–H and O–H groups in total. The number of aryl methyl sites for hydroxylation is 1. The number of rotatable bonds is 3. The van der Waals surface area contributed by atoms with Gasteiger partial charge < -0.3 is 5.11 Å². The van der Waals surface area contributed by atoms with Gasteiger partial charge in [-0.05, 0) is 18.6 Å². The second kappa shape index (κ2) is 3.68. The van der Waals surface area contributed by atoms with E-state index in [-0.39, 0.29) is 5.69 Å². The summed E-state index contributed by atoms with van der Waals surface area (Å²) in [5, 5.41) is 13.8. The lowest BCUT2D eigenvalue weighted by Crippen LogP contribution is -2.04. The van der Waals surface area contributed by atoms with Gasteiger partial charge in [-0.25, -0.2) is 14.5 Å². The standard InChI is InChI=1S/C10H11N3O2/c1-2-5-13-9-7(6-11-13)3-4-8(12-9)10(14)15/h3-4,6H,2,5H2,1H3,(H,14,15). The largest absolute Gasteiger partial charge is 0.477 e. The van der Waals surface area contributed by atoms with E-state index < -0.39 is 5.97 Å². The summed E-state index contributed by atoms with van der Waals surface area (Å²) in [7, 11) is 0. The van der Waals surface area contributed by atoms with E-state index in [0.29, 0.717) is 5.65 Å². The zero-order chi connectivity index (χ0) is 10.8. The quantitative estimate of drug-likeness (QED) is 0.825. The van der Waals surface area contributed by atoms with Gasteiger partial charge in [0.05, 0.1) is 6.20 Å². The zero-order valence-electron chi connectivity index (χ0n) is 8.34. The van der Waals surface area contributed by atoms with Gasteiger partial charge in [0.1, 0.15) is 0 Å². The molecule has 0 atom stereocenters. The van der Waals surface area contributed by atoms with Crippen molar-refractivity contribution in [3.8, 4) is 0 Å². The molecule has 0 saturated heterocycles. The summed E-state index contributed by atoms with van der Waals surface area (Å²) in [6.45, 7) is 2.79. The molecule has 5 heteroatoms. The maximum absolute atomic E-state index is 10.7. The molecule has 2 rings (SSSR count). The Labute approximate surface area is 86.4 Å². The molecule has 5 nitrogen and oxygen atoms in total. The van der Waals surface area contributed by atoms with Crippen molar-refractivity contribution in [2.75, 3.05) is 0 Å². The van der Waals surface area contributed by atoms with Crippen LogP contribution in [0.5, 0.6) is 0 Å². The molecule has 0 aliphatic carbocycles. The smallest absolute Gasteiger partial charge is 0.354 e. The molecule has 0 fully saturated rings. The van der Waals surface area contributed by atoms with Gasteiger partial charge in [-0.1, -0.05) is 6.92 Å². The summed E-state index contributed by atoms with van der Waals surface area (Å²) >= 11 is 0. The fourth-order valence-electron chi connectivity index (χ4n) is 1.45. The van der Waals surface area contributed by atoms with Crippen LogP contribution in [0.1, 0.15) is 23.8 Å². The number of hydrogen-bond acceptors (Lipinski definition) is 3. The fraction of sp³-hybridized carbons (Fsp3) is 0.300. The Balaban J connectivity index is 2.56. The fourth-order valence-corrected chi connectivity index (χ4v) is 1.45. The van der Waals surface area contributed by atoms with E-state index in [1.54, 1.807) is 16.9 Å². The first kappa shape index (κ1) is 9.64. The molecule has 0 spiro atoms. The summed E-state index contributed by atoms with van der Waals surface area (Å²) in [4.78, 5) is 14.8. The summed E-state index contributed by atoms with van der Waals surface area (Å²) in [6.07, 6.45) is 2.64. The lowest BCUT2D eigenvalue weighted by molar-refractivity contribution is 0.0691. The highest BCUT2D eigenvalue weighted by molar-refractivity contribution is 5.88. The third-order valence-electron chi connectivity index (χ3n) is 2.14. The van der Waals surface area contributed by atoms with Crippen molar-refractivity contribution in [1.29, 1.82) is 0 Å². The first-order chi connectivity index (χ1) is 7.22. The SMILES string of the molecule is CCCn1ncc2ccc(C(=O)O)nc21. The molecule has 2 aromatic rings. The van der Waals surface area contributed by atoms with Gasteiger partial charge in [0.25, 0.3) is 0 Å². The van der Waals surface area contributed by atoms with Crippen LogP contribution in [0.2, 0.25) is 0 Å². The van der Waals surface area contributed by atoms with E-state index in [9.17, 15) is 4.79 Å². The molecule has 0 bridgehead atoms. The lowest BCUT2D eigenvalue weighted by Gasteiger charge is -2.00. The maximum Gasteiger partial charge on any atom is 0.354 e. The Morgan fingerprint density at radius 1 is 1.53 bits per heavy atom. The van der Waals surface area contributed by atoms with Gasteiger partial charge in [-0.15, -0.1) is 0 Å². The lowest BCUT2D eigenvalue weighted by atomic mass is 10.3. The normalized spacial score (nSPS) is 10.7. The monoisotopic (exact) mass is 205 g/mol. The number of nitrogens with zero attached hydrogens (tertiary/aromatic N) is 3. The Bertz CT molecular complexity index is 504. The van der Waals surface area contributed by atoms with Crippen LogP contribution in [0.25, 0.3) is 11.0 Å². The molecule has 15 heavy (non-hydrogen) atoms. The van der Waals surface area contributed by atoms with Crippen LogP contribution < -0.4 is 0 Å². The Kier molecular flexibility index (Phi) is 2.37. The summed E-state index contributed by atoms with van der Waals surface area (Å²) in [5.41, 5.74) is 0.692. The molecule has 0 aromatic carbocycles. The highest BCUT2D eigenvalue weighted by Crippen LogP contribution is 2.12. The number of carboxylic acid groups (broad SMARTS) is 1. The number of carbonyl (C=O) groups is 1. The van der Waals surface area contributed by atoms with Crippen LogP contribution in [-0.2, 0) is 6.54 Å². The van der Waals surface area contributed by atoms with Crippen LogP contribution in [0.3, 0.4) is 0 Å². The Morgan fingerprint density at radius 2 is 2.33 bits per heavy atom. The van der Waals surface area contributed by atoms with Crippen molar-refractivity contribution in [1.82, 2.24) is 14.8 Å². The van der Waals surface area contributed by atoms with Crippen LogP contribution in [0.4, 0.5) is 0 Å². The van der Waals surface area contributed by atoms with E-state index in [1.165, 1.54) is 6.07 Å². The molecular weight excluding hydrogens is 194 g/mol. The molecule has 0 saturated carbocycles. The first-order valence-electron chi connectivity index (χ1n) is 4.78. The summed E-state index contributed by atoms with van der Waals surface area (Å²) in [6, 6.07) is 3.22. The topological polar surface area (TPSA) is 68.0 Å². The molecule has 0 amide bonds. The zero-order valence-corrected chi connectivity index (χ0v) is 8.34. The van der Waals surface area contributed by atoms with Gasteiger partial charge >= 0.3 is 5.97 Å². The van der Waals surface area contributed by atoms with Crippen molar-refractivity contribution in [2.45, 2.75) is 19.9 Å². The van der Waals surface area contributed by atoms with Gasteiger partial charge in [0, 0.05) is 11.9 Å². The van der Waals surface area contributed by atoms with Crippen molar-refractivity contribution >= 4 is 17.0 Å². The summed E-state index contributed by atoms with van der Waals surface area (Å²) < 4.78 is 1.72. The number of pyridine rings is 1. The minimum Gasteiger partial charge on any atom is -0.477 e. The number of aromatic carboxylic acids is 1. The van der Waals surface area contributed by atoms with Crippen LogP contribution in [0, 0.1) is 0 Å². The van der Waals surface area contributed by atoms with Gasteiger partial charge in [0.2, 0.25) is 0 Å². The van der Waals surface area contributed by atoms with E-state index >= 15 is 0 Å². The molecule has 0 aliphatic rings. The second-order valence-electron chi connectivity index (χ2n) is 3.28. The van der Waals surface area contributed by atoms with Crippen LogP contribution >= 0.6 is 0 Å². The van der Waals surface area contributed by atoms with E-state index in [2.05, 4.69) is 10.1 Å². The average molecular weight is 205 g/mol. The predicted octanol–water partition coefficient (Wildman–Crippen LogP) is 1.54. The molecule has 0 unspecified atom stereocenters. The molecular formula is C10H11N3O2. The number of fused-ring (bicyclic) bond motifs is 1. The average Bonchev–Trinajstić information content (AvgIpc) is 2.61. The van der Waals surface area contributed by atoms with Gasteiger partial charge in [-0.3, -0.25) is 0 Å². The van der Waals surface area contributed by atoms with Gasteiger partial charge in [-0.2, -0.15) is 5.10 Å². The van der Waals surface area contributed by atoms with E-state index in [4.69, 9.17) is 5.11 Å². The minimum atomic E-state index is -1.01. The molecule has 2 aromatic heterocycles. The van der Waals surface area contributed by atoms with Gasteiger partial charge in [0.15, 0.2) is 11.3 Å². The third-order valence-corrected chi connectivity index (χ3v) is 2.14. The van der Waals surface area contributed by atoms with Crippen LogP contribution in [0.15, 0.2) is 18.3 Å². The molecule has 0 radical (unpaired) electrons. The highest BCUT2D eigenvalue weighted by Gasteiger charge is 2.08. The predicted molar refractivity (Wildman–Crippen MR) is 54.8 cm³/mol. The number of hydrogen-bond donors (Lipinski definition) is 1. The molecule has 78 valence electrons. The van der Waals surface area contributed by atoms with Crippen molar-refractivity contribution in [2.24, 2.45) is 0 Å². The molecule has 2 heterocycles. The summed E-state index contributed by atoms with van der Waals surface area (Å²) in [5.74, 6) is -1.01. The van der Waals surface area contributed by atoms with Crippen molar-refractivity contribution in [3.63, 3.8) is 0 Å². The highest BCUT2D eigenvalue weighted by atomic mass is 16.4. The third kappa shape index (κ3) is 1.68. The number of carboxylic acids is 1. The minimum absolute atomic E-state index is 0.0559. The Hall–Kier alpha value is -1.91. The van der Waals surface area contributed by atoms with Crippen LogP contribution in [-0.4, -0.2) is 25.8 Å². The first-order valence-corrected chi connectivity index (χ1v) is 4.78. The Morgan fingerprint density at radius 3 is 3.00 bits per heavy atom. The van der Waals surface area contributed by atoms with Crippen molar-refractivity contribution < 1.29 is 9.90 Å². The van der Waals surface area contributed by atoms with E-state index in [1.807, 2.05) is 6.92 Å².